The molecule has 2 heterocycles. The number of benzene rings is 2. The quantitative estimate of drug-likeness (QED) is 0.393. The standard InChI is InChI=1S/C21H18FN5OS/c1-13-4-3-5-16(10-13)26-20(28)14(2)29-21-18-11-25-27(19(18)23-12-24-21)17-8-6-15(22)7-9-17/h3-12,14H,1-2H3,(H,26,28). The highest BCUT2D eigenvalue weighted by atomic mass is 32.2. The number of anilines is 1. The van der Waals surface area contributed by atoms with Crippen LogP contribution < -0.4 is 5.32 Å². The number of thioether (sulfide) groups is 1. The molecule has 0 aliphatic carbocycles. The third kappa shape index (κ3) is 4.12. The molecule has 0 aliphatic heterocycles. The summed E-state index contributed by atoms with van der Waals surface area (Å²) in [5.74, 6) is -0.428. The summed E-state index contributed by atoms with van der Waals surface area (Å²) < 4.78 is 14.8. The predicted octanol–water partition coefficient (Wildman–Crippen LogP) is 4.38. The maximum atomic E-state index is 13.2. The van der Waals surface area contributed by atoms with Gasteiger partial charge in [-0.1, -0.05) is 23.9 Å². The lowest BCUT2D eigenvalue weighted by molar-refractivity contribution is -0.115. The first-order valence-corrected chi connectivity index (χ1v) is 9.88. The number of hydrogen-bond acceptors (Lipinski definition) is 5. The van der Waals surface area contributed by atoms with Crippen molar-refractivity contribution in [2.24, 2.45) is 0 Å². The minimum absolute atomic E-state index is 0.113. The average molecular weight is 407 g/mol. The summed E-state index contributed by atoms with van der Waals surface area (Å²) in [7, 11) is 0. The molecule has 4 aromatic rings. The van der Waals surface area contributed by atoms with Crippen LogP contribution in [0, 0.1) is 12.7 Å². The molecule has 1 unspecified atom stereocenters. The van der Waals surface area contributed by atoms with Crippen molar-refractivity contribution in [1.82, 2.24) is 19.7 Å². The van der Waals surface area contributed by atoms with Crippen LogP contribution in [0.2, 0.25) is 0 Å². The molecule has 0 saturated heterocycles. The number of halogens is 1. The third-order valence-corrected chi connectivity index (χ3v) is 5.46. The van der Waals surface area contributed by atoms with E-state index < -0.39 is 0 Å². The molecule has 1 amide bonds. The van der Waals surface area contributed by atoms with Crippen LogP contribution in [0.15, 0.2) is 66.1 Å². The number of nitrogens with one attached hydrogen (secondary N) is 1. The van der Waals surface area contributed by atoms with Gasteiger partial charge in [-0.25, -0.2) is 19.0 Å². The molecule has 0 aliphatic rings. The Bertz CT molecular complexity index is 1180. The number of amides is 1. The molecular weight excluding hydrogens is 389 g/mol. The van der Waals surface area contributed by atoms with Gasteiger partial charge in [-0.2, -0.15) is 5.10 Å². The Morgan fingerprint density at radius 2 is 1.97 bits per heavy atom. The van der Waals surface area contributed by atoms with Gasteiger partial charge in [0.15, 0.2) is 5.65 Å². The van der Waals surface area contributed by atoms with E-state index in [2.05, 4.69) is 20.4 Å². The molecule has 0 fully saturated rings. The fourth-order valence-electron chi connectivity index (χ4n) is 2.88. The number of fused-ring (bicyclic) bond motifs is 1. The minimum atomic E-state index is -0.372. The topological polar surface area (TPSA) is 72.7 Å². The first kappa shape index (κ1) is 19.1. The molecule has 2 aromatic carbocycles. The molecule has 4 rings (SSSR count). The summed E-state index contributed by atoms with van der Waals surface area (Å²) in [4.78, 5) is 21.2. The first-order valence-electron chi connectivity index (χ1n) is 9.00. The van der Waals surface area contributed by atoms with E-state index in [9.17, 15) is 9.18 Å². The number of hydrogen-bond donors (Lipinski definition) is 1. The number of aromatic nitrogens is 4. The molecule has 29 heavy (non-hydrogen) atoms. The van der Waals surface area contributed by atoms with Crippen LogP contribution in [0.3, 0.4) is 0 Å². The maximum Gasteiger partial charge on any atom is 0.237 e. The molecule has 2 aromatic heterocycles. The van der Waals surface area contributed by atoms with Crippen molar-refractivity contribution in [1.29, 1.82) is 0 Å². The van der Waals surface area contributed by atoms with E-state index in [1.165, 1.54) is 30.2 Å². The lowest BCUT2D eigenvalue weighted by atomic mass is 10.2. The molecule has 1 atom stereocenters. The van der Waals surface area contributed by atoms with Gasteiger partial charge < -0.3 is 5.32 Å². The average Bonchev–Trinajstić information content (AvgIpc) is 3.14. The molecule has 1 N–H and O–H groups in total. The highest BCUT2D eigenvalue weighted by Crippen LogP contribution is 2.29. The number of rotatable bonds is 5. The molecule has 0 radical (unpaired) electrons. The largest absolute Gasteiger partial charge is 0.325 e. The van der Waals surface area contributed by atoms with Gasteiger partial charge >= 0.3 is 0 Å². The molecule has 0 bridgehead atoms. The zero-order valence-electron chi connectivity index (χ0n) is 15.8. The van der Waals surface area contributed by atoms with Crippen LogP contribution in [0.1, 0.15) is 12.5 Å². The van der Waals surface area contributed by atoms with Crippen molar-refractivity contribution in [3.05, 3.63) is 72.4 Å². The van der Waals surface area contributed by atoms with Gasteiger partial charge in [-0.3, -0.25) is 4.79 Å². The minimum Gasteiger partial charge on any atom is -0.325 e. The predicted molar refractivity (Wildman–Crippen MR) is 112 cm³/mol. The monoisotopic (exact) mass is 407 g/mol. The van der Waals surface area contributed by atoms with Gasteiger partial charge in [-0.05, 0) is 55.8 Å². The number of aryl methyl sites for hydroxylation is 1. The van der Waals surface area contributed by atoms with E-state index in [1.54, 1.807) is 23.0 Å². The summed E-state index contributed by atoms with van der Waals surface area (Å²) >= 11 is 1.34. The number of carbonyl (C=O) groups is 1. The number of carbonyl (C=O) groups excluding carboxylic acids is 1. The molecule has 0 saturated carbocycles. The number of nitrogens with zero attached hydrogens (tertiary/aromatic N) is 4. The summed E-state index contributed by atoms with van der Waals surface area (Å²) in [5.41, 5.74) is 3.13. The second-order valence-corrected chi connectivity index (χ2v) is 7.90. The van der Waals surface area contributed by atoms with E-state index in [1.807, 2.05) is 38.1 Å². The third-order valence-electron chi connectivity index (χ3n) is 4.34. The Hall–Kier alpha value is -3.26. The Balaban J connectivity index is 1.56. The van der Waals surface area contributed by atoms with Crippen molar-refractivity contribution < 1.29 is 9.18 Å². The summed E-state index contributed by atoms with van der Waals surface area (Å²) in [5, 5.41) is 8.31. The van der Waals surface area contributed by atoms with Gasteiger partial charge in [0.2, 0.25) is 5.91 Å². The molecule has 0 spiro atoms. The van der Waals surface area contributed by atoms with Gasteiger partial charge in [0.25, 0.3) is 0 Å². The second kappa shape index (κ2) is 8.00. The smallest absolute Gasteiger partial charge is 0.237 e. The lowest BCUT2D eigenvalue weighted by Gasteiger charge is -2.12. The van der Waals surface area contributed by atoms with E-state index >= 15 is 0 Å². The summed E-state index contributed by atoms with van der Waals surface area (Å²) in [6.07, 6.45) is 3.10. The fourth-order valence-corrected chi connectivity index (χ4v) is 3.76. The normalized spacial score (nSPS) is 12.1. The highest BCUT2D eigenvalue weighted by Gasteiger charge is 2.19. The van der Waals surface area contributed by atoms with Crippen molar-refractivity contribution in [2.75, 3.05) is 5.32 Å². The van der Waals surface area contributed by atoms with Crippen LogP contribution in [0.5, 0.6) is 0 Å². The van der Waals surface area contributed by atoms with Crippen LogP contribution >= 0.6 is 11.8 Å². The Labute approximate surface area is 171 Å². The SMILES string of the molecule is Cc1cccc(NC(=O)C(C)Sc2ncnc3c2cnn3-c2ccc(F)cc2)c1. The van der Waals surface area contributed by atoms with Crippen molar-refractivity contribution in [3.63, 3.8) is 0 Å². The Morgan fingerprint density at radius 3 is 2.72 bits per heavy atom. The van der Waals surface area contributed by atoms with Crippen molar-refractivity contribution in [3.8, 4) is 5.69 Å². The first-order chi connectivity index (χ1) is 14.0. The second-order valence-electron chi connectivity index (χ2n) is 6.57. The van der Waals surface area contributed by atoms with Crippen LogP contribution in [-0.2, 0) is 4.79 Å². The van der Waals surface area contributed by atoms with E-state index in [-0.39, 0.29) is 17.0 Å². The Kier molecular flexibility index (Phi) is 5.26. The van der Waals surface area contributed by atoms with Gasteiger partial charge in [-0.15, -0.1) is 0 Å². The van der Waals surface area contributed by atoms with Crippen molar-refractivity contribution in [2.45, 2.75) is 24.1 Å². The highest BCUT2D eigenvalue weighted by molar-refractivity contribution is 8.00. The van der Waals surface area contributed by atoms with Crippen LogP contribution in [-0.4, -0.2) is 30.9 Å². The van der Waals surface area contributed by atoms with E-state index in [0.717, 1.165) is 16.6 Å². The summed E-state index contributed by atoms with van der Waals surface area (Å²) in [6, 6.07) is 13.7. The van der Waals surface area contributed by atoms with Gasteiger partial charge in [0, 0.05) is 5.69 Å². The summed E-state index contributed by atoms with van der Waals surface area (Å²) in [6.45, 7) is 3.80. The maximum absolute atomic E-state index is 13.2. The van der Waals surface area contributed by atoms with Crippen molar-refractivity contribution >= 4 is 34.4 Å². The van der Waals surface area contributed by atoms with E-state index in [4.69, 9.17) is 0 Å². The lowest BCUT2D eigenvalue weighted by Crippen LogP contribution is -2.22. The van der Waals surface area contributed by atoms with Crippen LogP contribution in [0.25, 0.3) is 16.7 Å². The van der Waals surface area contributed by atoms with Crippen LogP contribution in [0.4, 0.5) is 10.1 Å². The van der Waals surface area contributed by atoms with Gasteiger partial charge in [0.1, 0.15) is 17.2 Å². The fraction of sp³-hybridized carbons (Fsp3) is 0.143. The van der Waals surface area contributed by atoms with Gasteiger partial charge in [0.05, 0.1) is 22.5 Å². The molecule has 8 heteroatoms. The molecular formula is C21H18FN5OS. The molecule has 6 nitrogen and oxygen atoms in total. The zero-order valence-corrected chi connectivity index (χ0v) is 16.7. The Morgan fingerprint density at radius 1 is 1.17 bits per heavy atom. The zero-order chi connectivity index (χ0) is 20.4. The van der Waals surface area contributed by atoms with E-state index in [0.29, 0.717) is 16.4 Å². The molecule has 146 valence electrons.